The first-order chi connectivity index (χ1) is 12.9. The van der Waals surface area contributed by atoms with Gasteiger partial charge in [-0.05, 0) is 48.3 Å². The topological polar surface area (TPSA) is 91.9 Å². The predicted octanol–water partition coefficient (Wildman–Crippen LogP) is 4.21. The molecule has 27 heavy (non-hydrogen) atoms. The molecule has 3 aromatic rings. The molecule has 1 aliphatic rings. The van der Waals surface area contributed by atoms with Gasteiger partial charge in [0.05, 0.1) is 23.3 Å². The first-order valence-corrected chi connectivity index (χ1v) is 9.19. The van der Waals surface area contributed by atoms with Crippen molar-refractivity contribution in [3.63, 3.8) is 0 Å². The Morgan fingerprint density at radius 1 is 1.30 bits per heavy atom. The van der Waals surface area contributed by atoms with Crippen molar-refractivity contribution in [1.82, 2.24) is 24.5 Å². The second-order valence-corrected chi connectivity index (χ2v) is 7.51. The molecular weight excluding hydrogens is 362 g/mol. The second kappa shape index (κ2) is 6.38. The zero-order valence-electron chi connectivity index (χ0n) is 15.3. The van der Waals surface area contributed by atoms with E-state index in [1.807, 2.05) is 49.9 Å². The van der Waals surface area contributed by atoms with Crippen LogP contribution in [-0.2, 0) is 7.05 Å². The minimum absolute atomic E-state index is 0.0776. The Kier molecular flexibility index (Phi) is 4.15. The predicted molar refractivity (Wildman–Crippen MR) is 106 cm³/mol. The van der Waals surface area contributed by atoms with Crippen molar-refractivity contribution in [3.05, 3.63) is 58.2 Å². The monoisotopic (exact) mass is 383 g/mol. The highest BCUT2D eigenvalue weighted by molar-refractivity contribution is 7.71. The molecule has 0 fully saturated rings. The molecule has 0 saturated heterocycles. The summed E-state index contributed by atoms with van der Waals surface area (Å²) >= 11 is 5.46. The Bertz CT molecular complexity index is 1150. The van der Waals surface area contributed by atoms with Crippen LogP contribution < -0.4 is 0 Å². The number of nitrogens with one attached hydrogen (secondary N) is 1. The third kappa shape index (κ3) is 2.86. The number of hydrogen-bond acceptors (Lipinski definition) is 5. The fraction of sp³-hybridized carbons (Fsp3) is 0.316. The largest absolute Gasteiger partial charge is 0.511 e. The summed E-state index contributed by atoms with van der Waals surface area (Å²) in [6, 6.07) is 5.94. The molecule has 0 bridgehead atoms. The van der Waals surface area contributed by atoms with Gasteiger partial charge in [-0.25, -0.2) is 0 Å². The molecule has 1 unspecified atom stereocenters. The number of H-pyrrole nitrogens is 1. The van der Waals surface area contributed by atoms with E-state index >= 15 is 0 Å². The standard InChI is InChI=1S/C19H21N5O2S/c1-10(2)13-7-14(17(26)8-16(13)25)18-21-22-19(27)24(18)12-5-4-11-9-20-23(3)15(11)6-12/h4-6,8-10,14,25-26H,7H2,1-3H3,(H,22,27). The number of hydrogen-bond donors (Lipinski definition) is 3. The van der Waals surface area contributed by atoms with Crippen LogP contribution in [-0.4, -0.2) is 34.8 Å². The Balaban J connectivity index is 1.84. The number of aliphatic hydroxyl groups is 2. The lowest BCUT2D eigenvalue weighted by molar-refractivity contribution is 0.327. The van der Waals surface area contributed by atoms with Crippen LogP contribution in [0.25, 0.3) is 16.6 Å². The Morgan fingerprint density at radius 2 is 2.07 bits per heavy atom. The number of fused-ring (bicyclic) bond motifs is 1. The van der Waals surface area contributed by atoms with Gasteiger partial charge in [0.15, 0.2) is 4.77 Å². The van der Waals surface area contributed by atoms with Crippen LogP contribution >= 0.6 is 12.2 Å². The molecule has 2 aromatic heterocycles. The molecule has 0 radical (unpaired) electrons. The molecule has 3 N–H and O–H groups in total. The van der Waals surface area contributed by atoms with Crippen LogP contribution in [0.15, 0.2) is 47.6 Å². The highest BCUT2D eigenvalue weighted by Crippen LogP contribution is 2.37. The van der Waals surface area contributed by atoms with Gasteiger partial charge < -0.3 is 10.2 Å². The number of rotatable bonds is 3. The minimum Gasteiger partial charge on any atom is -0.511 e. The molecule has 0 amide bonds. The quantitative estimate of drug-likeness (QED) is 0.589. The van der Waals surface area contributed by atoms with Gasteiger partial charge in [0.1, 0.15) is 17.3 Å². The molecule has 1 aliphatic carbocycles. The lowest BCUT2D eigenvalue weighted by Gasteiger charge is -2.25. The second-order valence-electron chi connectivity index (χ2n) is 7.12. The van der Waals surface area contributed by atoms with Crippen LogP contribution in [0.1, 0.15) is 32.0 Å². The van der Waals surface area contributed by atoms with E-state index in [-0.39, 0.29) is 23.4 Å². The zero-order valence-corrected chi connectivity index (χ0v) is 16.2. The van der Waals surface area contributed by atoms with Crippen molar-refractivity contribution in [3.8, 4) is 5.69 Å². The van der Waals surface area contributed by atoms with E-state index in [1.54, 1.807) is 4.68 Å². The van der Waals surface area contributed by atoms with E-state index in [9.17, 15) is 10.2 Å². The Labute approximate surface area is 161 Å². The van der Waals surface area contributed by atoms with Crippen LogP contribution in [0.4, 0.5) is 0 Å². The van der Waals surface area contributed by atoms with E-state index in [0.717, 1.165) is 22.2 Å². The zero-order chi connectivity index (χ0) is 19.3. The van der Waals surface area contributed by atoms with Crippen LogP contribution in [0.2, 0.25) is 0 Å². The van der Waals surface area contributed by atoms with E-state index in [4.69, 9.17) is 12.2 Å². The first kappa shape index (κ1) is 17.5. The van der Waals surface area contributed by atoms with Gasteiger partial charge in [0.2, 0.25) is 0 Å². The molecule has 0 saturated carbocycles. The molecule has 4 rings (SSSR count). The summed E-state index contributed by atoms with van der Waals surface area (Å²) in [6.07, 6.45) is 3.71. The van der Waals surface area contributed by atoms with E-state index in [0.29, 0.717) is 17.0 Å². The molecule has 140 valence electrons. The molecule has 0 aliphatic heterocycles. The molecule has 1 atom stereocenters. The van der Waals surface area contributed by atoms with Gasteiger partial charge in [-0.15, -0.1) is 0 Å². The van der Waals surface area contributed by atoms with Crippen molar-refractivity contribution < 1.29 is 10.2 Å². The molecule has 1 aromatic carbocycles. The highest BCUT2D eigenvalue weighted by atomic mass is 32.1. The minimum atomic E-state index is -0.381. The van der Waals surface area contributed by atoms with Crippen LogP contribution in [0, 0.1) is 10.7 Å². The average Bonchev–Trinajstić information content (AvgIpc) is 3.17. The van der Waals surface area contributed by atoms with Crippen LogP contribution in [0.5, 0.6) is 0 Å². The fourth-order valence-corrected chi connectivity index (χ4v) is 3.83. The number of aromatic nitrogens is 5. The van der Waals surface area contributed by atoms with Crippen molar-refractivity contribution in [1.29, 1.82) is 0 Å². The van der Waals surface area contributed by atoms with Gasteiger partial charge >= 0.3 is 0 Å². The van der Waals surface area contributed by atoms with Crippen molar-refractivity contribution in [2.45, 2.75) is 26.2 Å². The maximum Gasteiger partial charge on any atom is 0.199 e. The number of allylic oxidation sites excluding steroid dienone is 3. The normalized spacial score (nSPS) is 17.8. The van der Waals surface area contributed by atoms with E-state index in [2.05, 4.69) is 15.3 Å². The molecule has 0 spiro atoms. The number of aliphatic hydroxyl groups excluding tert-OH is 2. The number of aromatic amines is 1. The SMILES string of the molecule is CC(C)C1=C(O)C=C(O)C(c2n[nH]c(=S)n2-c2ccc3cnn(C)c3c2)C1. The van der Waals surface area contributed by atoms with Crippen molar-refractivity contribution >= 4 is 23.1 Å². The van der Waals surface area contributed by atoms with Gasteiger partial charge in [0, 0.05) is 18.5 Å². The number of aryl methyl sites for hydroxylation is 1. The van der Waals surface area contributed by atoms with Crippen LogP contribution in [0.3, 0.4) is 0 Å². The van der Waals surface area contributed by atoms with Gasteiger partial charge in [-0.2, -0.15) is 10.2 Å². The first-order valence-electron chi connectivity index (χ1n) is 8.78. The Hall–Kier alpha value is -2.87. The summed E-state index contributed by atoms with van der Waals surface area (Å²) < 4.78 is 4.08. The summed E-state index contributed by atoms with van der Waals surface area (Å²) in [5.74, 6) is 0.608. The molecule has 2 heterocycles. The van der Waals surface area contributed by atoms with Gasteiger partial charge in [0.25, 0.3) is 0 Å². The number of nitrogens with zero attached hydrogens (tertiary/aromatic N) is 4. The average molecular weight is 383 g/mol. The lowest BCUT2D eigenvalue weighted by Crippen LogP contribution is -2.17. The summed E-state index contributed by atoms with van der Waals surface area (Å²) in [5, 5.41) is 33.2. The molecular formula is C19H21N5O2S. The Morgan fingerprint density at radius 3 is 2.81 bits per heavy atom. The fourth-order valence-electron chi connectivity index (χ4n) is 3.58. The summed E-state index contributed by atoms with van der Waals surface area (Å²) in [5.41, 5.74) is 2.71. The van der Waals surface area contributed by atoms with Crippen molar-refractivity contribution in [2.75, 3.05) is 0 Å². The smallest absolute Gasteiger partial charge is 0.199 e. The lowest BCUT2D eigenvalue weighted by atomic mass is 9.85. The van der Waals surface area contributed by atoms with Crippen molar-refractivity contribution in [2.24, 2.45) is 13.0 Å². The third-order valence-corrected chi connectivity index (χ3v) is 5.37. The summed E-state index contributed by atoms with van der Waals surface area (Å²) in [6.45, 7) is 4.04. The summed E-state index contributed by atoms with van der Waals surface area (Å²) in [7, 11) is 1.89. The summed E-state index contributed by atoms with van der Waals surface area (Å²) in [4.78, 5) is 0. The maximum absolute atomic E-state index is 10.5. The van der Waals surface area contributed by atoms with E-state index < -0.39 is 0 Å². The third-order valence-electron chi connectivity index (χ3n) is 5.09. The number of benzene rings is 1. The van der Waals surface area contributed by atoms with Gasteiger partial charge in [-0.3, -0.25) is 14.3 Å². The highest BCUT2D eigenvalue weighted by Gasteiger charge is 2.30. The van der Waals surface area contributed by atoms with E-state index in [1.165, 1.54) is 6.08 Å². The molecule has 7 nitrogen and oxygen atoms in total. The maximum atomic E-state index is 10.5. The molecule has 8 heteroatoms. The van der Waals surface area contributed by atoms with Gasteiger partial charge in [-0.1, -0.05) is 13.8 Å².